The van der Waals surface area contributed by atoms with E-state index in [0.717, 1.165) is 51.8 Å². The first-order valence-corrected chi connectivity index (χ1v) is 26.7. The Kier molecular flexibility index (Phi) is 18.2. The van der Waals surface area contributed by atoms with E-state index in [-0.39, 0.29) is 87.6 Å². The average Bonchev–Trinajstić information content (AvgIpc) is 1.73. The lowest BCUT2D eigenvalue weighted by Gasteiger charge is -2.24. The van der Waals surface area contributed by atoms with Gasteiger partial charge in [0.25, 0.3) is 17.7 Å². The largest absolute Gasteiger partial charge is 0.435 e. The Balaban J connectivity index is 0.000000211. The van der Waals surface area contributed by atoms with Gasteiger partial charge in [0.05, 0.1) is 34.6 Å². The number of ketones is 1. The molecule has 4 amide bonds. The van der Waals surface area contributed by atoms with E-state index >= 15 is 0 Å². The molecule has 2 atom stereocenters. The number of primary amides is 2. The van der Waals surface area contributed by atoms with E-state index in [9.17, 15) is 85.4 Å². The number of aromatic nitrogens is 6. The highest BCUT2D eigenvalue weighted by Crippen LogP contribution is 2.41. The third-order valence-electron chi connectivity index (χ3n) is 14.5. The van der Waals surface area contributed by atoms with Crippen molar-refractivity contribution in [3.8, 4) is 22.3 Å². The van der Waals surface area contributed by atoms with Crippen molar-refractivity contribution in [2.24, 2.45) is 11.5 Å². The number of Topliss-reactive ketones (excluding diaryl/α,β-unsaturated/α-hetero) is 1. The quantitative estimate of drug-likeness (QED) is 0.0675. The highest BCUT2D eigenvalue weighted by molar-refractivity contribution is 5.95. The maximum absolute atomic E-state index is 14.2. The van der Waals surface area contributed by atoms with Crippen LogP contribution >= 0.6 is 0 Å². The standard InChI is InChI=1S/C30H23F8N5O2.C30H23F6N5O3/c31-17-8-15(9-18(32)12-17)10-23(26-19(2-1-7-40-26)16-3-4-22(33)20(11-16)28(39)45)41-25(44)14-43-24-5-6-29(34,35)13-21(24)27(42-43)30(36,37)38;31-17-8-15(9-18(32)12-17)10-24(27-20(2-1-7-38-27)16-3-5-23(33)21(11-16)29(37)44)39-26(43)14-41-25-6-4-19(42)13-22(25)28(40-41)30(34,35)36/h1-4,7-9,11-12,23H,5-6,10,13-14H2,(H2,39,45)(H,41,44);1-3,5,7-9,11-12,24H,4,6,10,13-14H2,(H2,37,44)(H,39,43)/t23-;24-/m00/s1. The lowest BCUT2D eigenvalue weighted by atomic mass is 9.92. The van der Waals surface area contributed by atoms with Crippen molar-refractivity contribution in [2.75, 3.05) is 0 Å². The highest BCUT2D eigenvalue weighted by Gasteiger charge is 2.46. The number of alkyl halides is 8. The first-order valence-electron chi connectivity index (χ1n) is 26.7. The maximum Gasteiger partial charge on any atom is 0.435 e. The molecule has 0 spiro atoms. The third kappa shape index (κ3) is 15.0. The number of hydrogen-bond donors (Lipinski definition) is 4. The molecule has 8 aromatic rings. The van der Waals surface area contributed by atoms with Crippen molar-refractivity contribution in [2.45, 2.75) is 94.8 Å². The minimum Gasteiger partial charge on any atom is -0.366 e. The number of hydrogen-bond acceptors (Lipinski definition) is 9. The van der Waals surface area contributed by atoms with E-state index in [0.29, 0.717) is 17.7 Å². The number of nitrogens with one attached hydrogen (secondary N) is 2. The molecule has 0 unspecified atom stereocenters. The Morgan fingerprint density at radius 1 is 0.562 bits per heavy atom. The second-order valence-corrected chi connectivity index (χ2v) is 20.8. The number of amides is 4. The topological polar surface area (TPSA) is 223 Å². The van der Waals surface area contributed by atoms with Crippen molar-refractivity contribution in [3.63, 3.8) is 0 Å². The molecule has 0 aliphatic heterocycles. The molecule has 464 valence electrons. The summed E-state index contributed by atoms with van der Waals surface area (Å²) in [4.78, 5) is 70.8. The molecule has 0 bridgehead atoms. The summed E-state index contributed by atoms with van der Waals surface area (Å²) >= 11 is 0. The van der Waals surface area contributed by atoms with Gasteiger partial charge in [0.1, 0.15) is 53.8 Å². The average molecular weight is 1250 g/mol. The molecule has 4 aromatic carbocycles. The van der Waals surface area contributed by atoms with Crippen LogP contribution in [0.25, 0.3) is 22.3 Å². The summed E-state index contributed by atoms with van der Waals surface area (Å²) in [5.41, 5.74) is 7.51. The number of benzene rings is 4. The van der Waals surface area contributed by atoms with Gasteiger partial charge in [-0.2, -0.15) is 36.5 Å². The summed E-state index contributed by atoms with van der Waals surface area (Å²) in [7, 11) is 0. The maximum atomic E-state index is 14.2. The highest BCUT2D eigenvalue weighted by atomic mass is 19.4. The van der Waals surface area contributed by atoms with E-state index in [1.807, 2.05) is 0 Å². The predicted molar refractivity (Wildman–Crippen MR) is 287 cm³/mol. The number of carbonyl (C=O) groups is 5. The van der Waals surface area contributed by atoms with Gasteiger partial charge in [0, 0.05) is 83.9 Å². The summed E-state index contributed by atoms with van der Waals surface area (Å²) in [5, 5.41) is 12.3. The van der Waals surface area contributed by atoms with E-state index in [1.165, 1.54) is 48.8 Å². The van der Waals surface area contributed by atoms with Crippen LogP contribution in [0.15, 0.2) is 109 Å². The molecule has 0 saturated carbocycles. The second kappa shape index (κ2) is 25.5. The predicted octanol–water partition coefficient (Wildman–Crippen LogP) is 10.3. The Hall–Kier alpha value is -9.83. The molecule has 0 radical (unpaired) electrons. The molecule has 6 N–H and O–H groups in total. The number of nitrogens with two attached hydrogens (primary N) is 2. The normalized spacial score (nSPS) is 14.4. The van der Waals surface area contributed by atoms with Gasteiger partial charge in [-0.25, -0.2) is 35.1 Å². The minimum absolute atomic E-state index is 0.00632. The van der Waals surface area contributed by atoms with Gasteiger partial charge < -0.3 is 22.1 Å². The van der Waals surface area contributed by atoms with Crippen LogP contribution in [-0.4, -0.2) is 64.9 Å². The smallest absolute Gasteiger partial charge is 0.366 e. The Morgan fingerprint density at radius 2 is 0.978 bits per heavy atom. The van der Waals surface area contributed by atoms with E-state index in [4.69, 9.17) is 11.5 Å². The second-order valence-electron chi connectivity index (χ2n) is 20.8. The van der Waals surface area contributed by atoms with Crippen LogP contribution < -0.4 is 22.1 Å². The van der Waals surface area contributed by atoms with Gasteiger partial charge in [-0.1, -0.05) is 24.3 Å². The van der Waals surface area contributed by atoms with Crippen LogP contribution in [0, 0.1) is 34.9 Å². The molecular weight excluding hydrogens is 1210 g/mol. The van der Waals surface area contributed by atoms with Crippen molar-refractivity contribution in [1.82, 2.24) is 40.2 Å². The van der Waals surface area contributed by atoms with Crippen LogP contribution in [0.1, 0.15) is 102 Å². The SMILES string of the molecule is NC(=O)c1cc(-c2cccnc2[C@H](Cc2cc(F)cc(F)c2)NC(=O)Cn2nc(C(F)(F)F)c3c2CCC(=O)C3)ccc1F.NC(=O)c1cc(-c2cccnc2[C@H](Cc2cc(F)cc(F)c2)NC(=O)Cn2nc(C(F)(F)F)c3c2CCC(F)(F)C3)ccc1F. The molecule has 10 rings (SSSR count). The fourth-order valence-corrected chi connectivity index (χ4v) is 10.7. The van der Waals surface area contributed by atoms with Crippen molar-refractivity contribution in [1.29, 1.82) is 0 Å². The van der Waals surface area contributed by atoms with Gasteiger partial charge in [0.2, 0.25) is 11.8 Å². The van der Waals surface area contributed by atoms with Gasteiger partial charge in [0.15, 0.2) is 11.4 Å². The molecule has 0 fully saturated rings. The number of fused-ring (bicyclic) bond motifs is 2. The fraction of sp³-hybridized carbons (Fsp3) is 0.250. The van der Waals surface area contributed by atoms with Gasteiger partial charge in [-0.15, -0.1) is 0 Å². The summed E-state index contributed by atoms with van der Waals surface area (Å²) in [5.74, 6) is -12.9. The van der Waals surface area contributed by atoms with Gasteiger partial charge >= 0.3 is 12.4 Å². The molecule has 29 heteroatoms. The molecular formula is C60H46F14N10O5. The van der Waals surface area contributed by atoms with Crippen LogP contribution in [0.2, 0.25) is 0 Å². The van der Waals surface area contributed by atoms with Crippen molar-refractivity contribution < 1.29 is 85.4 Å². The van der Waals surface area contributed by atoms with Crippen LogP contribution in [0.5, 0.6) is 0 Å². The summed E-state index contributed by atoms with van der Waals surface area (Å²) in [6, 6.07) is 16.2. The molecule has 2 aliphatic carbocycles. The molecule has 0 saturated heterocycles. The van der Waals surface area contributed by atoms with Gasteiger partial charge in [-0.3, -0.25) is 43.3 Å². The zero-order chi connectivity index (χ0) is 64.4. The Labute approximate surface area is 494 Å². The number of halogens is 14. The fourth-order valence-electron chi connectivity index (χ4n) is 10.7. The summed E-state index contributed by atoms with van der Waals surface area (Å²) < 4.78 is 196. The molecule has 89 heavy (non-hydrogen) atoms. The van der Waals surface area contributed by atoms with Gasteiger partial charge in [-0.05, 0) is 109 Å². The molecule has 4 aromatic heterocycles. The lowest BCUT2D eigenvalue weighted by Crippen LogP contribution is -2.35. The zero-order valence-electron chi connectivity index (χ0n) is 45.8. The zero-order valence-corrected chi connectivity index (χ0v) is 45.8. The summed E-state index contributed by atoms with van der Waals surface area (Å²) in [6.07, 6.45) is -10.6. The van der Waals surface area contributed by atoms with E-state index in [1.54, 1.807) is 6.07 Å². The van der Waals surface area contributed by atoms with Crippen LogP contribution in [-0.2, 0) is 78.4 Å². The number of nitrogens with zero attached hydrogens (tertiary/aromatic N) is 6. The Bertz CT molecular complexity index is 4050. The number of carbonyl (C=O) groups excluding carboxylic acids is 5. The van der Waals surface area contributed by atoms with Crippen molar-refractivity contribution in [3.05, 3.63) is 212 Å². The van der Waals surface area contributed by atoms with Crippen LogP contribution in [0.4, 0.5) is 61.5 Å². The number of pyridine rings is 2. The Morgan fingerprint density at radius 3 is 1.39 bits per heavy atom. The van der Waals surface area contributed by atoms with E-state index in [2.05, 4.69) is 30.8 Å². The minimum atomic E-state index is -5.05. The number of rotatable bonds is 16. The van der Waals surface area contributed by atoms with Crippen molar-refractivity contribution >= 4 is 29.4 Å². The third-order valence-corrected chi connectivity index (χ3v) is 14.5. The first kappa shape index (κ1) is 63.7. The van der Waals surface area contributed by atoms with E-state index < -0.39 is 156 Å². The molecule has 4 heterocycles. The molecule has 15 nitrogen and oxygen atoms in total. The monoisotopic (exact) mass is 1250 g/mol. The lowest BCUT2D eigenvalue weighted by molar-refractivity contribution is -0.143. The molecule has 2 aliphatic rings. The first-order chi connectivity index (χ1) is 41.9. The van der Waals surface area contributed by atoms with Crippen LogP contribution in [0.3, 0.4) is 0 Å². The summed E-state index contributed by atoms with van der Waals surface area (Å²) in [6.45, 7) is -1.46.